The number of amides is 1. The Morgan fingerprint density at radius 3 is 2.91 bits per heavy atom. The van der Waals surface area contributed by atoms with Crippen LogP contribution in [0, 0.1) is 5.92 Å². The number of anilines is 1. The number of aromatic nitrogens is 2. The number of rotatable bonds is 6. The van der Waals surface area contributed by atoms with Crippen molar-refractivity contribution in [1.82, 2.24) is 14.9 Å². The highest BCUT2D eigenvalue weighted by molar-refractivity contribution is 5.77. The summed E-state index contributed by atoms with van der Waals surface area (Å²) in [6, 6.07) is 0. The summed E-state index contributed by atoms with van der Waals surface area (Å²) in [4.78, 5) is 22.7. The number of likely N-dealkylation sites (tertiary alicyclic amines) is 1. The van der Waals surface area contributed by atoms with Crippen molar-refractivity contribution in [3.63, 3.8) is 0 Å². The van der Waals surface area contributed by atoms with Crippen molar-refractivity contribution in [2.24, 2.45) is 5.92 Å². The van der Waals surface area contributed by atoms with Crippen molar-refractivity contribution in [3.8, 4) is 0 Å². The summed E-state index contributed by atoms with van der Waals surface area (Å²) in [5, 5.41) is 2.97. The Hall–Kier alpha value is -1.69. The van der Waals surface area contributed by atoms with Crippen LogP contribution < -0.4 is 5.32 Å². The van der Waals surface area contributed by atoms with E-state index in [0.717, 1.165) is 50.3 Å². The molecule has 1 amide bonds. The van der Waals surface area contributed by atoms with E-state index in [9.17, 15) is 4.79 Å². The SMILES string of the molecule is CCOCC(=O)N1CCC[C@H](Cc2cnc(NC)cn2)CC1. The molecule has 2 rings (SSSR count). The zero-order valence-corrected chi connectivity index (χ0v) is 13.5. The van der Waals surface area contributed by atoms with E-state index in [2.05, 4.69) is 15.3 Å². The molecule has 0 bridgehead atoms. The zero-order chi connectivity index (χ0) is 15.8. The summed E-state index contributed by atoms with van der Waals surface area (Å²) < 4.78 is 5.22. The van der Waals surface area contributed by atoms with Gasteiger partial charge in [-0.3, -0.25) is 9.78 Å². The third-order valence-corrected chi connectivity index (χ3v) is 4.09. The van der Waals surface area contributed by atoms with Gasteiger partial charge in [0.25, 0.3) is 0 Å². The molecule has 1 aliphatic rings. The Morgan fingerprint density at radius 2 is 2.23 bits per heavy atom. The molecule has 0 aromatic carbocycles. The molecule has 0 radical (unpaired) electrons. The highest BCUT2D eigenvalue weighted by atomic mass is 16.5. The Morgan fingerprint density at radius 1 is 1.36 bits per heavy atom. The lowest BCUT2D eigenvalue weighted by Gasteiger charge is -2.20. The van der Waals surface area contributed by atoms with Crippen molar-refractivity contribution in [3.05, 3.63) is 18.1 Å². The van der Waals surface area contributed by atoms with Crippen molar-refractivity contribution < 1.29 is 9.53 Å². The van der Waals surface area contributed by atoms with Crippen LogP contribution in [0.3, 0.4) is 0 Å². The molecule has 1 aliphatic heterocycles. The average Bonchev–Trinajstić information content (AvgIpc) is 2.79. The van der Waals surface area contributed by atoms with Crippen molar-refractivity contribution in [1.29, 1.82) is 0 Å². The van der Waals surface area contributed by atoms with Crippen LogP contribution in [0.4, 0.5) is 5.82 Å². The van der Waals surface area contributed by atoms with Crippen LogP contribution in [0.5, 0.6) is 0 Å². The lowest BCUT2D eigenvalue weighted by Crippen LogP contribution is -2.35. The Balaban J connectivity index is 1.83. The van der Waals surface area contributed by atoms with E-state index in [-0.39, 0.29) is 12.5 Å². The number of hydrogen-bond acceptors (Lipinski definition) is 5. The van der Waals surface area contributed by atoms with Gasteiger partial charge in [0.1, 0.15) is 12.4 Å². The second-order valence-electron chi connectivity index (χ2n) is 5.66. The molecule has 0 spiro atoms. The van der Waals surface area contributed by atoms with E-state index in [1.807, 2.05) is 25.1 Å². The van der Waals surface area contributed by atoms with Crippen LogP contribution in [0.1, 0.15) is 31.9 Å². The predicted molar refractivity (Wildman–Crippen MR) is 85.7 cm³/mol. The number of carbonyl (C=O) groups is 1. The molecule has 1 atom stereocenters. The molecule has 1 fully saturated rings. The maximum atomic E-state index is 12.0. The molecule has 1 saturated heterocycles. The average molecular weight is 306 g/mol. The molecular weight excluding hydrogens is 280 g/mol. The first-order valence-corrected chi connectivity index (χ1v) is 8.07. The molecule has 6 heteroatoms. The molecule has 1 aromatic rings. The van der Waals surface area contributed by atoms with Crippen LogP contribution >= 0.6 is 0 Å². The van der Waals surface area contributed by atoms with E-state index in [0.29, 0.717) is 12.5 Å². The van der Waals surface area contributed by atoms with Gasteiger partial charge in [-0.1, -0.05) is 0 Å². The Bertz CT molecular complexity index is 464. The standard InChI is InChI=1S/C16H26N4O2/c1-3-22-12-16(21)20-7-4-5-13(6-8-20)9-14-10-19-15(17-2)11-18-14/h10-11,13H,3-9,12H2,1-2H3,(H,17,19)/t13-/m0/s1. The number of ether oxygens (including phenoxy) is 1. The highest BCUT2D eigenvalue weighted by Crippen LogP contribution is 2.21. The normalized spacial score (nSPS) is 18.8. The molecule has 1 N–H and O–H groups in total. The van der Waals surface area contributed by atoms with E-state index >= 15 is 0 Å². The quantitative estimate of drug-likeness (QED) is 0.867. The maximum absolute atomic E-state index is 12.0. The first-order valence-electron chi connectivity index (χ1n) is 8.07. The van der Waals surface area contributed by atoms with Crippen molar-refractivity contribution >= 4 is 11.7 Å². The summed E-state index contributed by atoms with van der Waals surface area (Å²) in [6.45, 7) is 4.36. The lowest BCUT2D eigenvalue weighted by molar-refractivity contribution is -0.135. The summed E-state index contributed by atoms with van der Waals surface area (Å²) in [7, 11) is 1.84. The number of nitrogens with zero attached hydrogens (tertiary/aromatic N) is 3. The third-order valence-electron chi connectivity index (χ3n) is 4.09. The second kappa shape index (κ2) is 8.68. The third kappa shape index (κ3) is 4.94. The fourth-order valence-corrected chi connectivity index (χ4v) is 2.78. The summed E-state index contributed by atoms with van der Waals surface area (Å²) in [5.74, 6) is 1.47. The molecule has 6 nitrogen and oxygen atoms in total. The molecular formula is C16H26N4O2. The maximum Gasteiger partial charge on any atom is 0.248 e. The van der Waals surface area contributed by atoms with Crippen LogP contribution in [-0.4, -0.2) is 54.1 Å². The van der Waals surface area contributed by atoms with E-state index < -0.39 is 0 Å². The van der Waals surface area contributed by atoms with Crippen LogP contribution in [0.15, 0.2) is 12.4 Å². The number of hydrogen-bond donors (Lipinski definition) is 1. The van der Waals surface area contributed by atoms with Gasteiger partial charge in [0.15, 0.2) is 0 Å². The second-order valence-corrected chi connectivity index (χ2v) is 5.66. The van der Waals surface area contributed by atoms with Gasteiger partial charge in [0.2, 0.25) is 5.91 Å². The molecule has 0 unspecified atom stereocenters. The van der Waals surface area contributed by atoms with Gasteiger partial charge in [-0.15, -0.1) is 0 Å². The van der Waals surface area contributed by atoms with Gasteiger partial charge in [0, 0.05) is 26.7 Å². The smallest absolute Gasteiger partial charge is 0.248 e. The lowest BCUT2D eigenvalue weighted by atomic mass is 9.95. The minimum absolute atomic E-state index is 0.112. The zero-order valence-electron chi connectivity index (χ0n) is 13.5. The fourth-order valence-electron chi connectivity index (χ4n) is 2.78. The summed E-state index contributed by atoms with van der Waals surface area (Å²) in [5.41, 5.74) is 1.03. The predicted octanol–water partition coefficient (Wildman–Crippen LogP) is 1.73. The van der Waals surface area contributed by atoms with E-state index in [4.69, 9.17) is 4.74 Å². The van der Waals surface area contributed by atoms with Gasteiger partial charge in [-0.05, 0) is 38.5 Å². The number of nitrogens with one attached hydrogen (secondary N) is 1. The minimum atomic E-state index is 0.112. The van der Waals surface area contributed by atoms with Gasteiger partial charge in [0.05, 0.1) is 18.1 Å². The largest absolute Gasteiger partial charge is 0.372 e. The van der Waals surface area contributed by atoms with Crippen molar-refractivity contribution in [2.75, 3.05) is 38.7 Å². The summed E-state index contributed by atoms with van der Waals surface area (Å²) in [6.07, 6.45) is 7.74. The highest BCUT2D eigenvalue weighted by Gasteiger charge is 2.21. The Labute approximate surface area is 132 Å². The van der Waals surface area contributed by atoms with E-state index in [1.165, 1.54) is 0 Å². The van der Waals surface area contributed by atoms with Crippen molar-refractivity contribution in [2.45, 2.75) is 32.6 Å². The van der Waals surface area contributed by atoms with E-state index in [1.54, 1.807) is 6.20 Å². The molecule has 0 saturated carbocycles. The fraction of sp³-hybridized carbons (Fsp3) is 0.688. The van der Waals surface area contributed by atoms with Gasteiger partial charge >= 0.3 is 0 Å². The molecule has 122 valence electrons. The first kappa shape index (κ1) is 16.7. The monoisotopic (exact) mass is 306 g/mol. The molecule has 1 aromatic heterocycles. The van der Waals surface area contributed by atoms with Gasteiger partial charge in [-0.25, -0.2) is 4.98 Å². The van der Waals surface area contributed by atoms with Gasteiger partial charge < -0.3 is 15.0 Å². The van der Waals surface area contributed by atoms with Crippen LogP contribution in [0.25, 0.3) is 0 Å². The first-order chi connectivity index (χ1) is 10.7. The van der Waals surface area contributed by atoms with Crippen LogP contribution in [-0.2, 0) is 16.0 Å². The molecule has 2 heterocycles. The molecule has 0 aliphatic carbocycles. The minimum Gasteiger partial charge on any atom is -0.372 e. The molecule has 22 heavy (non-hydrogen) atoms. The van der Waals surface area contributed by atoms with Gasteiger partial charge in [-0.2, -0.15) is 0 Å². The number of carbonyl (C=O) groups excluding carboxylic acids is 1. The topological polar surface area (TPSA) is 67.3 Å². The van der Waals surface area contributed by atoms with Crippen LogP contribution in [0.2, 0.25) is 0 Å². The summed E-state index contributed by atoms with van der Waals surface area (Å²) >= 11 is 0. The Kier molecular flexibility index (Phi) is 6.58.